The molecule has 0 unspecified atom stereocenters. The van der Waals surface area contributed by atoms with Gasteiger partial charge >= 0.3 is 0 Å². The molecule has 6 nitrogen and oxygen atoms in total. The highest BCUT2D eigenvalue weighted by atomic mass is 32.1. The first-order valence-electron chi connectivity index (χ1n) is 5.97. The SMILES string of the molecule is Cc1cc(NN)nc(CN(C)Cc2scnc2C)n1. The van der Waals surface area contributed by atoms with E-state index in [4.69, 9.17) is 5.84 Å². The number of aryl methyl sites for hydroxylation is 2. The van der Waals surface area contributed by atoms with Crippen molar-refractivity contribution < 1.29 is 0 Å². The molecule has 0 spiro atoms. The molecule has 2 aromatic heterocycles. The highest BCUT2D eigenvalue weighted by Crippen LogP contribution is 2.15. The molecule has 102 valence electrons. The second-order valence-electron chi connectivity index (χ2n) is 4.49. The van der Waals surface area contributed by atoms with E-state index in [1.807, 2.05) is 32.5 Å². The maximum Gasteiger partial charge on any atom is 0.145 e. The topological polar surface area (TPSA) is 80.0 Å². The standard InChI is InChI=1S/C12H18N6S/c1-8-4-11(17-13)16-12(15-8)6-18(3)5-10-9(2)14-7-19-10/h4,7H,5-6,13H2,1-3H3,(H,15,16,17). The zero-order chi connectivity index (χ0) is 13.8. The second kappa shape index (κ2) is 6.05. The van der Waals surface area contributed by atoms with Gasteiger partial charge < -0.3 is 5.43 Å². The van der Waals surface area contributed by atoms with Crippen LogP contribution in [0.1, 0.15) is 22.1 Å². The summed E-state index contributed by atoms with van der Waals surface area (Å²) in [4.78, 5) is 16.4. The number of nitrogen functional groups attached to an aromatic ring is 1. The zero-order valence-electron chi connectivity index (χ0n) is 11.3. The van der Waals surface area contributed by atoms with Crippen LogP contribution < -0.4 is 11.3 Å². The number of thiazole rings is 1. The lowest BCUT2D eigenvalue weighted by molar-refractivity contribution is 0.312. The highest BCUT2D eigenvalue weighted by molar-refractivity contribution is 7.09. The number of rotatable bonds is 5. The number of nitrogens with two attached hydrogens (primary N) is 1. The van der Waals surface area contributed by atoms with Gasteiger partial charge in [-0.2, -0.15) is 0 Å². The van der Waals surface area contributed by atoms with Crippen LogP contribution in [0, 0.1) is 13.8 Å². The van der Waals surface area contributed by atoms with E-state index in [9.17, 15) is 0 Å². The van der Waals surface area contributed by atoms with E-state index in [0.717, 1.165) is 23.8 Å². The fraction of sp³-hybridized carbons (Fsp3) is 0.417. The number of hydrogen-bond acceptors (Lipinski definition) is 7. The predicted octanol–water partition coefficient (Wildman–Crippen LogP) is 1.47. The van der Waals surface area contributed by atoms with Gasteiger partial charge in [-0.25, -0.2) is 20.8 Å². The van der Waals surface area contributed by atoms with Crippen LogP contribution in [0.15, 0.2) is 11.6 Å². The van der Waals surface area contributed by atoms with Crippen molar-refractivity contribution in [1.82, 2.24) is 19.9 Å². The van der Waals surface area contributed by atoms with Crippen molar-refractivity contribution in [2.45, 2.75) is 26.9 Å². The Morgan fingerprint density at radius 2 is 2.11 bits per heavy atom. The first-order valence-corrected chi connectivity index (χ1v) is 6.85. The van der Waals surface area contributed by atoms with Crippen LogP contribution >= 0.6 is 11.3 Å². The summed E-state index contributed by atoms with van der Waals surface area (Å²) in [5.74, 6) is 6.79. The van der Waals surface area contributed by atoms with Gasteiger partial charge in [-0.3, -0.25) is 4.90 Å². The Kier molecular flexibility index (Phi) is 4.41. The minimum Gasteiger partial charge on any atom is -0.308 e. The Morgan fingerprint density at radius 1 is 1.32 bits per heavy atom. The minimum atomic E-state index is 0.643. The third kappa shape index (κ3) is 3.69. The first kappa shape index (κ1) is 13.9. The number of aromatic nitrogens is 3. The maximum absolute atomic E-state index is 5.39. The van der Waals surface area contributed by atoms with E-state index in [1.54, 1.807) is 11.3 Å². The van der Waals surface area contributed by atoms with Crippen molar-refractivity contribution in [2.75, 3.05) is 12.5 Å². The molecule has 2 heterocycles. The van der Waals surface area contributed by atoms with Gasteiger partial charge in [0.15, 0.2) is 0 Å². The third-order valence-electron chi connectivity index (χ3n) is 2.72. The summed E-state index contributed by atoms with van der Waals surface area (Å²) in [5.41, 5.74) is 6.42. The van der Waals surface area contributed by atoms with Gasteiger partial charge in [-0.15, -0.1) is 11.3 Å². The first-order chi connectivity index (χ1) is 9.08. The summed E-state index contributed by atoms with van der Waals surface area (Å²) in [7, 11) is 2.04. The summed E-state index contributed by atoms with van der Waals surface area (Å²) in [6.07, 6.45) is 0. The molecule has 19 heavy (non-hydrogen) atoms. The van der Waals surface area contributed by atoms with E-state index in [-0.39, 0.29) is 0 Å². The van der Waals surface area contributed by atoms with Crippen LogP contribution in [0.2, 0.25) is 0 Å². The van der Waals surface area contributed by atoms with Crippen molar-refractivity contribution in [1.29, 1.82) is 0 Å². The van der Waals surface area contributed by atoms with Crippen LogP contribution in [-0.4, -0.2) is 26.9 Å². The average Bonchev–Trinajstić information content (AvgIpc) is 2.74. The van der Waals surface area contributed by atoms with E-state index in [0.29, 0.717) is 12.4 Å². The number of nitrogens with one attached hydrogen (secondary N) is 1. The fourth-order valence-corrected chi connectivity index (χ4v) is 2.65. The number of hydrazine groups is 1. The Balaban J connectivity index is 2.04. The Morgan fingerprint density at radius 3 is 2.74 bits per heavy atom. The zero-order valence-corrected chi connectivity index (χ0v) is 12.2. The molecule has 0 saturated heterocycles. The quantitative estimate of drug-likeness (QED) is 0.637. The van der Waals surface area contributed by atoms with Gasteiger partial charge in [0.25, 0.3) is 0 Å². The lowest BCUT2D eigenvalue weighted by Gasteiger charge is -2.15. The molecular formula is C12H18N6S. The Hall–Kier alpha value is -1.57. The molecule has 0 aliphatic carbocycles. The van der Waals surface area contributed by atoms with Crippen LogP contribution in [0.4, 0.5) is 5.82 Å². The van der Waals surface area contributed by atoms with E-state index < -0.39 is 0 Å². The van der Waals surface area contributed by atoms with Gasteiger partial charge in [0.05, 0.1) is 17.7 Å². The molecule has 0 fully saturated rings. The lowest BCUT2D eigenvalue weighted by atomic mass is 10.3. The molecule has 0 aromatic carbocycles. The molecule has 3 N–H and O–H groups in total. The van der Waals surface area contributed by atoms with E-state index >= 15 is 0 Å². The Labute approximate surface area is 116 Å². The number of hydrogen-bond donors (Lipinski definition) is 2. The monoisotopic (exact) mass is 278 g/mol. The van der Waals surface area contributed by atoms with Crippen LogP contribution in [0.5, 0.6) is 0 Å². The average molecular weight is 278 g/mol. The highest BCUT2D eigenvalue weighted by Gasteiger charge is 2.09. The van der Waals surface area contributed by atoms with Crippen molar-refractivity contribution in [3.8, 4) is 0 Å². The second-order valence-corrected chi connectivity index (χ2v) is 5.43. The molecule has 2 rings (SSSR count). The number of anilines is 1. The summed E-state index contributed by atoms with van der Waals surface area (Å²) < 4.78 is 0. The molecule has 7 heteroatoms. The van der Waals surface area contributed by atoms with Crippen LogP contribution in [0.3, 0.4) is 0 Å². The fourth-order valence-electron chi connectivity index (χ4n) is 1.80. The van der Waals surface area contributed by atoms with E-state index in [1.165, 1.54) is 4.88 Å². The van der Waals surface area contributed by atoms with Crippen molar-refractivity contribution >= 4 is 17.2 Å². The largest absolute Gasteiger partial charge is 0.308 e. The normalized spacial score (nSPS) is 11.0. The summed E-state index contributed by atoms with van der Waals surface area (Å²) >= 11 is 1.67. The summed E-state index contributed by atoms with van der Waals surface area (Å²) in [6.45, 7) is 5.48. The van der Waals surface area contributed by atoms with E-state index in [2.05, 4.69) is 25.3 Å². The molecule has 2 aromatic rings. The van der Waals surface area contributed by atoms with Gasteiger partial charge in [-0.05, 0) is 20.9 Å². The van der Waals surface area contributed by atoms with Crippen LogP contribution in [0.25, 0.3) is 0 Å². The molecule has 0 aliphatic rings. The molecule has 0 bridgehead atoms. The smallest absolute Gasteiger partial charge is 0.145 e. The van der Waals surface area contributed by atoms with Crippen molar-refractivity contribution in [3.05, 3.63) is 33.7 Å². The third-order valence-corrected chi connectivity index (χ3v) is 3.64. The summed E-state index contributed by atoms with van der Waals surface area (Å²) in [5, 5.41) is 0. The van der Waals surface area contributed by atoms with Gasteiger partial charge in [0.1, 0.15) is 11.6 Å². The molecule has 0 aliphatic heterocycles. The predicted molar refractivity (Wildman–Crippen MR) is 76.6 cm³/mol. The molecule has 0 radical (unpaired) electrons. The van der Waals surface area contributed by atoms with Gasteiger partial charge in [0, 0.05) is 23.2 Å². The van der Waals surface area contributed by atoms with Crippen molar-refractivity contribution in [2.24, 2.45) is 5.84 Å². The minimum absolute atomic E-state index is 0.643. The molecular weight excluding hydrogens is 260 g/mol. The van der Waals surface area contributed by atoms with Crippen LogP contribution in [-0.2, 0) is 13.1 Å². The maximum atomic E-state index is 5.39. The van der Waals surface area contributed by atoms with Crippen molar-refractivity contribution in [3.63, 3.8) is 0 Å². The summed E-state index contributed by atoms with van der Waals surface area (Å²) in [6, 6.07) is 1.82. The van der Waals surface area contributed by atoms with Gasteiger partial charge in [-0.1, -0.05) is 0 Å². The number of nitrogens with zero attached hydrogens (tertiary/aromatic N) is 4. The molecule has 0 atom stereocenters. The lowest BCUT2D eigenvalue weighted by Crippen LogP contribution is -2.20. The Bertz CT molecular complexity index is 553. The van der Waals surface area contributed by atoms with Gasteiger partial charge in [0.2, 0.25) is 0 Å². The molecule has 0 amide bonds. The molecule has 0 saturated carbocycles.